The van der Waals surface area contributed by atoms with Crippen LogP contribution in [0.1, 0.15) is 82.7 Å². The number of aliphatic hydroxyl groups is 1. The summed E-state index contributed by atoms with van der Waals surface area (Å²) < 4.78 is 0.869. The predicted octanol–water partition coefficient (Wildman–Crippen LogP) is 4.18. The number of aromatic hydroxyl groups is 1. The molecular formula is C34H45BrN2O2. The van der Waals surface area contributed by atoms with Gasteiger partial charge in [-0.1, -0.05) is 53.7 Å². The Hall–Kier alpha value is -2.21. The summed E-state index contributed by atoms with van der Waals surface area (Å²) in [6.45, 7) is 20.9. The van der Waals surface area contributed by atoms with Crippen molar-refractivity contribution in [2.75, 3.05) is 13.1 Å². The molecule has 4 heterocycles. The van der Waals surface area contributed by atoms with Gasteiger partial charge in [-0.2, -0.15) is 0 Å². The number of hydrogen-bond donors (Lipinski definition) is 2. The van der Waals surface area contributed by atoms with Crippen LogP contribution in [0.25, 0.3) is 10.9 Å². The highest BCUT2D eigenvalue weighted by Crippen LogP contribution is 2.48. The molecule has 5 atom stereocenters. The van der Waals surface area contributed by atoms with Crippen molar-refractivity contribution in [2.45, 2.75) is 83.9 Å². The van der Waals surface area contributed by atoms with Crippen LogP contribution in [0.2, 0.25) is 0 Å². The van der Waals surface area contributed by atoms with Crippen LogP contribution in [0.15, 0.2) is 61.3 Å². The first-order valence-electron chi connectivity index (χ1n) is 14.2. The fraction of sp³-hybridized carbons (Fsp3) is 0.500. The Bertz CT molecular complexity index is 1320. The minimum absolute atomic E-state index is 0. The first-order valence-corrected chi connectivity index (χ1v) is 14.2. The molecule has 0 spiro atoms. The summed E-state index contributed by atoms with van der Waals surface area (Å²) in [5.41, 5.74) is 5.90. The van der Waals surface area contributed by atoms with Crippen LogP contribution in [0.5, 0.6) is 5.75 Å². The number of benzene rings is 2. The lowest BCUT2D eigenvalue weighted by Crippen LogP contribution is -3.00. The molecule has 2 aromatic carbocycles. The number of phenols is 1. The molecule has 1 aromatic heterocycles. The van der Waals surface area contributed by atoms with Gasteiger partial charge in [-0.05, 0) is 69.8 Å². The zero-order valence-corrected chi connectivity index (χ0v) is 26.0. The number of quaternary nitrogens is 1. The molecule has 6 rings (SSSR count). The number of rotatable bonds is 5. The molecule has 3 aliphatic rings. The van der Waals surface area contributed by atoms with E-state index in [0.29, 0.717) is 11.8 Å². The SMILES string of the molecule is C=CC1C[N+]2(Cc3cc(C(C)(C)C)cc(C(C)(C)C)c3)CCC1C[C@H]2[C@H](O)c1ccnc2ccc(O)cc12.[Br-]. The van der Waals surface area contributed by atoms with E-state index in [4.69, 9.17) is 0 Å². The summed E-state index contributed by atoms with van der Waals surface area (Å²) in [7, 11) is 0. The third kappa shape index (κ3) is 5.68. The van der Waals surface area contributed by atoms with Crippen molar-refractivity contribution < 1.29 is 31.7 Å². The molecule has 39 heavy (non-hydrogen) atoms. The van der Waals surface area contributed by atoms with Gasteiger partial charge in [0.2, 0.25) is 0 Å². The van der Waals surface area contributed by atoms with Crippen LogP contribution < -0.4 is 17.0 Å². The highest BCUT2D eigenvalue weighted by atomic mass is 79.9. The van der Waals surface area contributed by atoms with Gasteiger partial charge in [-0.25, -0.2) is 0 Å². The maximum absolute atomic E-state index is 12.1. The van der Waals surface area contributed by atoms with Crippen molar-refractivity contribution >= 4 is 10.9 Å². The Kier molecular flexibility index (Phi) is 8.12. The Morgan fingerprint density at radius 3 is 2.31 bits per heavy atom. The Morgan fingerprint density at radius 2 is 1.69 bits per heavy atom. The van der Waals surface area contributed by atoms with Gasteiger partial charge < -0.3 is 31.7 Å². The van der Waals surface area contributed by atoms with Crippen molar-refractivity contribution in [2.24, 2.45) is 11.8 Å². The van der Waals surface area contributed by atoms with Gasteiger partial charge in [0.15, 0.2) is 0 Å². The predicted molar refractivity (Wildman–Crippen MR) is 156 cm³/mol. The second kappa shape index (κ2) is 10.6. The number of piperidine rings is 3. The van der Waals surface area contributed by atoms with E-state index in [9.17, 15) is 10.2 Å². The number of halogens is 1. The molecule has 0 aliphatic carbocycles. The van der Waals surface area contributed by atoms with Crippen LogP contribution in [-0.4, -0.2) is 38.8 Å². The van der Waals surface area contributed by atoms with Crippen LogP contribution in [0.3, 0.4) is 0 Å². The van der Waals surface area contributed by atoms with Gasteiger partial charge >= 0.3 is 0 Å². The summed E-state index contributed by atoms with van der Waals surface area (Å²) >= 11 is 0. The van der Waals surface area contributed by atoms with E-state index in [1.807, 2.05) is 12.1 Å². The van der Waals surface area contributed by atoms with Crippen molar-refractivity contribution in [3.63, 3.8) is 0 Å². The number of aliphatic hydroxyl groups excluding tert-OH is 1. The van der Waals surface area contributed by atoms with Gasteiger partial charge in [0, 0.05) is 35.9 Å². The Morgan fingerprint density at radius 1 is 1.03 bits per heavy atom. The first-order chi connectivity index (χ1) is 17.8. The number of phenolic OH excluding ortho intramolecular Hbond substituents is 1. The largest absolute Gasteiger partial charge is 1.00 e. The van der Waals surface area contributed by atoms with Crippen LogP contribution in [0.4, 0.5) is 0 Å². The third-order valence-corrected chi connectivity index (χ3v) is 9.34. The fourth-order valence-electron chi connectivity index (χ4n) is 7.01. The van der Waals surface area contributed by atoms with Gasteiger partial charge in [0.05, 0.1) is 18.6 Å². The highest BCUT2D eigenvalue weighted by Gasteiger charge is 2.54. The van der Waals surface area contributed by atoms with E-state index in [-0.39, 0.29) is 39.6 Å². The zero-order chi connectivity index (χ0) is 27.5. The molecule has 210 valence electrons. The van der Waals surface area contributed by atoms with Crippen molar-refractivity contribution in [1.29, 1.82) is 0 Å². The average Bonchev–Trinajstić information content (AvgIpc) is 2.86. The van der Waals surface area contributed by atoms with Gasteiger partial charge in [0.1, 0.15) is 24.4 Å². The average molecular weight is 594 g/mol. The Balaban J connectivity index is 0.00000353. The van der Waals surface area contributed by atoms with Gasteiger partial charge in [-0.3, -0.25) is 4.98 Å². The van der Waals surface area contributed by atoms with E-state index >= 15 is 0 Å². The maximum Gasteiger partial charge on any atom is 0.131 e. The summed E-state index contributed by atoms with van der Waals surface area (Å²) in [6.07, 6.45) is 5.46. The maximum atomic E-state index is 12.1. The molecule has 0 radical (unpaired) electrons. The summed E-state index contributed by atoms with van der Waals surface area (Å²) in [6, 6.07) is 14.5. The monoisotopic (exact) mass is 592 g/mol. The molecular weight excluding hydrogens is 548 g/mol. The van der Waals surface area contributed by atoms with Crippen molar-refractivity contribution in [1.82, 2.24) is 4.98 Å². The molecule has 3 saturated heterocycles. The molecule has 5 heteroatoms. The number of pyridine rings is 1. The number of aromatic nitrogens is 1. The molecule has 0 saturated carbocycles. The van der Waals surface area contributed by atoms with Crippen LogP contribution in [-0.2, 0) is 17.4 Å². The lowest BCUT2D eigenvalue weighted by Gasteiger charge is -2.58. The molecule has 3 aromatic rings. The highest BCUT2D eigenvalue weighted by molar-refractivity contribution is 5.83. The third-order valence-electron chi connectivity index (χ3n) is 9.34. The van der Waals surface area contributed by atoms with Gasteiger partial charge in [0.25, 0.3) is 0 Å². The molecule has 2 bridgehead atoms. The number of nitrogens with zero attached hydrogens (tertiary/aromatic N) is 2. The lowest BCUT2D eigenvalue weighted by molar-refractivity contribution is -0.984. The topological polar surface area (TPSA) is 53.4 Å². The smallest absolute Gasteiger partial charge is 0.131 e. The Labute approximate surface area is 245 Å². The molecule has 2 N–H and O–H groups in total. The summed E-state index contributed by atoms with van der Waals surface area (Å²) in [4.78, 5) is 4.49. The number of fused-ring (bicyclic) bond motifs is 4. The second-order valence-corrected chi connectivity index (χ2v) is 14.0. The minimum Gasteiger partial charge on any atom is -1.00 e. The molecule has 3 fully saturated rings. The molecule has 0 amide bonds. The summed E-state index contributed by atoms with van der Waals surface area (Å²) in [5, 5.41) is 23.1. The van der Waals surface area contributed by atoms with E-state index in [2.05, 4.69) is 77.4 Å². The van der Waals surface area contributed by atoms with Crippen molar-refractivity contribution in [3.8, 4) is 5.75 Å². The minimum atomic E-state index is -0.635. The van der Waals surface area contributed by atoms with E-state index < -0.39 is 6.10 Å². The zero-order valence-electron chi connectivity index (χ0n) is 24.4. The van der Waals surface area contributed by atoms with Crippen LogP contribution >= 0.6 is 0 Å². The quantitative estimate of drug-likeness (QED) is 0.345. The van der Waals surface area contributed by atoms with E-state index in [0.717, 1.165) is 47.0 Å². The normalized spacial score (nSPS) is 25.8. The standard InChI is InChI=1S/C34H44N2O2.BrH/c1-8-23-21-36(20-22-15-25(33(2,3)4)18-26(16-22)34(5,6)7)14-12-24(23)17-31(36)32(38)28-11-13-35-30-10-9-27(37)19-29(28)30;/h8-11,13,15-16,18-19,23-24,31-32,38H,1,12,14,17,20-21H2,2-7H3;1H/t23?,24?,31-,32+,36?;/m0./s1. The van der Waals surface area contributed by atoms with E-state index in [1.54, 1.807) is 18.3 Å². The number of hydrogen-bond acceptors (Lipinski definition) is 3. The summed E-state index contributed by atoms with van der Waals surface area (Å²) in [5.74, 6) is 1.23. The molecule has 3 unspecified atom stereocenters. The molecule has 3 aliphatic heterocycles. The second-order valence-electron chi connectivity index (χ2n) is 14.0. The first kappa shape index (κ1) is 29.8. The van der Waals surface area contributed by atoms with Gasteiger partial charge in [-0.15, -0.1) is 6.58 Å². The fourth-order valence-corrected chi connectivity index (χ4v) is 7.01. The van der Waals surface area contributed by atoms with E-state index in [1.165, 1.54) is 23.1 Å². The molecule has 4 nitrogen and oxygen atoms in total. The van der Waals surface area contributed by atoms with Crippen molar-refractivity contribution in [3.05, 3.63) is 83.6 Å². The van der Waals surface area contributed by atoms with Crippen LogP contribution in [0, 0.1) is 11.8 Å². The lowest BCUT2D eigenvalue weighted by atomic mass is 9.71.